The highest BCUT2D eigenvalue weighted by molar-refractivity contribution is 7.89. The van der Waals surface area contributed by atoms with Crippen molar-refractivity contribution >= 4 is 16.0 Å². The molecule has 2 N–H and O–H groups in total. The van der Waals surface area contributed by atoms with Gasteiger partial charge in [-0.25, -0.2) is 23.1 Å². The topological polar surface area (TPSA) is 93.2 Å². The van der Waals surface area contributed by atoms with Crippen molar-refractivity contribution in [1.29, 1.82) is 0 Å². The Bertz CT molecular complexity index is 432. The zero-order chi connectivity index (χ0) is 12.7. The van der Waals surface area contributed by atoms with Gasteiger partial charge in [-0.2, -0.15) is 0 Å². The van der Waals surface area contributed by atoms with Gasteiger partial charge in [-0.1, -0.05) is 0 Å². The summed E-state index contributed by atoms with van der Waals surface area (Å²) >= 11 is 0. The second-order valence-electron chi connectivity index (χ2n) is 3.16. The van der Waals surface area contributed by atoms with Gasteiger partial charge in [0, 0.05) is 20.2 Å². The van der Waals surface area contributed by atoms with E-state index in [0.29, 0.717) is 19.1 Å². The van der Waals surface area contributed by atoms with Crippen molar-refractivity contribution in [3.05, 3.63) is 12.4 Å². The lowest BCUT2D eigenvalue weighted by Crippen LogP contribution is -2.27. The summed E-state index contributed by atoms with van der Waals surface area (Å²) in [6.07, 6.45) is 2.53. The number of ether oxygens (including phenoxy) is 1. The molecule has 1 aromatic heterocycles. The SMILES string of the molecule is CCNc1ncc(S(=O)(=O)NCCOC)cn1. The molecule has 0 spiro atoms. The summed E-state index contributed by atoms with van der Waals surface area (Å²) in [5.41, 5.74) is 0. The molecule has 0 aliphatic heterocycles. The number of nitrogens with one attached hydrogen (secondary N) is 2. The molecule has 17 heavy (non-hydrogen) atoms. The quantitative estimate of drug-likeness (QED) is 0.661. The van der Waals surface area contributed by atoms with Crippen molar-refractivity contribution < 1.29 is 13.2 Å². The van der Waals surface area contributed by atoms with E-state index in [4.69, 9.17) is 4.74 Å². The van der Waals surface area contributed by atoms with E-state index in [-0.39, 0.29) is 11.4 Å². The Morgan fingerprint density at radius 2 is 2.00 bits per heavy atom. The zero-order valence-corrected chi connectivity index (χ0v) is 10.6. The molecular weight excluding hydrogens is 244 g/mol. The van der Waals surface area contributed by atoms with Gasteiger partial charge in [-0.15, -0.1) is 0 Å². The van der Waals surface area contributed by atoms with E-state index in [1.54, 1.807) is 0 Å². The summed E-state index contributed by atoms with van der Waals surface area (Å²) in [5.74, 6) is 0.406. The van der Waals surface area contributed by atoms with Crippen molar-refractivity contribution in [2.45, 2.75) is 11.8 Å². The Balaban J connectivity index is 2.71. The predicted octanol–water partition coefficient (Wildman–Crippen LogP) is -0.167. The summed E-state index contributed by atoms with van der Waals surface area (Å²) in [6.45, 7) is 3.11. The van der Waals surface area contributed by atoms with Gasteiger partial charge in [-0.05, 0) is 6.92 Å². The monoisotopic (exact) mass is 260 g/mol. The number of anilines is 1. The molecule has 7 nitrogen and oxygen atoms in total. The van der Waals surface area contributed by atoms with Crippen molar-refractivity contribution in [2.24, 2.45) is 0 Å². The third kappa shape index (κ3) is 4.25. The molecule has 0 saturated carbocycles. The van der Waals surface area contributed by atoms with Crippen LogP contribution in [-0.2, 0) is 14.8 Å². The molecule has 8 heteroatoms. The van der Waals surface area contributed by atoms with Crippen LogP contribution in [0.3, 0.4) is 0 Å². The van der Waals surface area contributed by atoms with Crippen molar-refractivity contribution in [3.8, 4) is 0 Å². The van der Waals surface area contributed by atoms with E-state index in [1.807, 2.05) is 6.92 Å². The van der Waals surface area contributed by atoms with Crippen LogP contribution in [0.15, 0.2) is 17.3 Å². The Morgan fingerprint density at radius 3 is 2.53 bits per heavy atom. The first kappa shape index (κ1) is 13.8. The third-order valence-corrected chi connectivity index (χ3v) is 3.29. The van der Waals surface area contributed by atoms with Gasteiger partial charge in [0.05, 0.1) is 19.0 Å². The molecule has 1 rings (SSSR count). The summed E-state index contributed by atoms with van der Waals surface area (Å²) in [5, 5.41) is 2.88. The zero-order valence-electron chi connectivity index (χ0n) is 9.80. The predicted molar refractivity (Wildman–Crippen MR) is 63.3 cm³/mol. The Morgan fingerprint density at radius 1 is 1.35 bits per heavy atom. The molecule has 0 fully saturated rings. The van der Waals surface area contributed by atoms with E-state index >= 15 is 0 Å². The van der Waals surface area contributed by atoms with Gasteiger partial charge in [0.15, 0.2) is 0 Å². The second kappa shape index (κ2) is 6.48. The average molecular weight is 260 g/mol. The van der Waals surface area contributed by atoms with Crippen LogP contribution in [0.25, 0.3) is 0 Å². The molecule has 96 valence electrons. The van der Waals surface area contributed by atoms with E-state index in [0.717, 1.165) is 0 Å². The summed E-state index contributed by atoms with van der Waals surface area (Å²) in [4.78, 5) is 7.82. The highest BCUT2D eigenvalue weighted by Gasteiger charge is 2.14. The van der Waals surface area contributed by atoms with E-state index in [1.165, 1.54) is 19.5 Å². The lowest BCUT2D eigenvalue weighted by atomic mass is 10.6. The van der Waals surface area contributed by atoms with E-state index in [9.17, 15) is 8.42 Å². The Labute approximate surface area is 101 Å². The number of nitrogens with zero attached hydrogens (tertiary/aromatic N) is 2. The highest BCUT2D eigenvalue weighted by Crippen LogP contribution is 2.06. The average Bonchev–Trinajstić information content (AvgIpc) is 2.30. The highest BCUT2D eigenvalue weighted by atomic mass is 32.2. The lowest BCUT2D eigenvalue weighted by Gasteiger charge is -2.06. The molecule has 1 heterocycles. The first-order chi connectivity index (χ1) is 8.10. The molecule has 0 atom stereocenters. The second-order valence-corrected chi connectivity index (χ2v) is 4.93. The van der Waals surface area contributed by atoms with E-state index < -0.39 is 10.0 Å². The number of aromatic nitrogens is 2. The fraction of sp³-hybridized carbons (Fsp3) is 0.556. The molecule has 0 unspecified atom stereocenters. The van der Waals surface area contributed by atoms with Crippen molar-refractivity contribution in [1.82, 2.24) is 14.7 Å². The number of hydrogen-bond acceptors (Lipinski definition) is 6. The molecule has 0 amide bonds. The number of sulfonamides is 1. The largest absolute Gasteiger partial charge is 0.383 e. The van der Waals surface area contributed by atoms with Gasteiger partial charge in [-0.3, -0.25) is 0 Å². The normalized spacial score (nSPS) is 11.4. The van der Waals surface area contributed by atoms with Gasteiger partial charge < -0.3 is 10.1 Å². The van der Waals surface area contributed by atoms with Gasteiger partial charge in [0.25, 0.3) is 0 Å². The lowest BCUT2D eigenvalue weighted by molar-refractivity contribution is 0.204. The van der Waals surface area contributed by atoms with Crippen LogP contribution in [0.4, 0.5) is 5.95 Å². The molecule has 0 radical (unpaired) electrons. The minimum Gasteiger partial charge on any atom is -0.383 e. The molecule has 1 aromatic rings. The minimum atomic E-state index is -3.55. The van der Waals surface area contributed by atoms with Crippen molar-refractivity contribution in [3.63, 3.8) is 0 Å². The number of hydrogen-bond donors (Lipinski definition) is 2. The Hall–Kier alpha value is -1.25. The molecular formula is C9H16N4O3S. The van der Waals surface area contributed by atoms with Gasteiger partial charge in [0.1, 0.15) is 4.90 Å². The first-order valence-electron chi connectivity index (χ1n) is 5.14. The first-order valence-corrected chi connectivity index (χ1v) is 6.63. The molecule has 0 aromatic carbocycles. The molecule has 0 aliphatic carbocycles. The molecule has 0 saturated heterocycles. The maximum atomic E-state index is 11.7. The van der Waals surface area contributed by atoms with Crippen LogP contribution < -0.4 is 10.0 Å². The van der Waals surface area contributed by atoms with Crippen LogP contribution in [0.1, 0.15) is 6.92 Å². The van der Waals surface area contributed by atoms with Crippen LogP contribution in [0, 0.1) is 0 Å². The summed E-state index contributed by atoms with van der Waals surface area (Å²) in [7, 11) is -2.04. The van der Waals surface area contributed by atoms with Crippen molar-refractivity contribution in [2.75, 3.05) is 32.1 Å². The molecule has 0 bridgehead atoms. The third-order valence-electron chi connectivity index (χ3n) is 1.87. The molecule has 0 aliphatic rings. The summed E-state index contributed by atoms with van der Waals surface area (Å²) in [6, 6.07) is 0. The van der Waals surface area contributed by atoms with Gasteiger partial charge in [0.2, 0.25) is 16.0 Å². The van der Waals surface area contributed by atoms with Crippen LogP contribution in [0.2, 0.25) is 0 Å². The van der Waals surface area contributed by atoms with E-state index in [2.05, 4.69) is 20.0 Å². The summed E-state index contributed by atoms with van der Waals surface area (Å²) < 4.78 is 30.5. The van der Waals surface area contributed by atoms with Crippen LogP contribution >= 0.6 is 0 Å². The Kier molecular flexibility index (Phi) is 5.26. The van der Waals surface area contributed by atoms with Crippen LogP contribution in [-0.4, -0.2) is 45.2 Å². The van der Waals surface area contributed by atoms with Crippen LogP contribution in [0.5, 0.6) is 0 Å². The maximum absolute atomic E-state index is 11.7. The number of methoxy groups -OCH3 is 1. The fourth-order valence-corrected chi connectivity index (χ4v) is 1.97. The maximum Gasteiger partial charge on any atom is 0.243 e. The number of rotatable bonds is 7. The standard InChI is InChI=1S/C9H16N4O3S/c1-3-10-9-11-6-8(7-12-9)17(14,15)13-4-5-16-2/h6-7,13H,3-5H2,1-2H3,(H,10,11,12). The van der Waals surface area contributed by atoms with Gasteiger partial charge >= 0.3 is 0 Å². The smallest absolute Gasteiger partial charge is 0.243 e. The minimum absolute atomic E-state index is 0.0373. The fourth-order valence-electron chi connectivity index (χ4n) is 1.07.